The summed E-state index contributed by atoms with van der Waals surface area (Å²) in [6.45, 7) is 0. The second kappa shape index (κ2) is 4.84. The third-order valence-electron chi connectivity index (χ3n) is 4.23. The predicted molar refractivity (Wildman–Crippen MR) is 69.2 cm³/mol. The van der Waals surface area contributed by atoms with Gasteiger partial charge < -0.3 is 5.32 Å². The maximum atomic E-state index is 11.9. The number of aromatic nitrogens is 2. The summed E-state index contributed by atoms with van der Waals surface area (Å²) in [6, 6.07) is 1.57. The molecule has 3 atom stereocenters. The molecule has 2 aliphatic carbocycles. The van der Waals surface area contributed by atoms with Crippen LogP contribution < -0.4 is 5.32 Å². The molecule has 1 aromatic rings. The Kier molecular flexibility index (Phi) is 3.20. The number of halogens is 1. The number of rotatable bonds is 3. The number of hydrogen-bond acceptors (Lipinski definition) is 3. The van der Waals surface area contributed by atoms with Gasteiger partial charge in [-0.3, -0.25) is 4.79 Å². The SMILES string of the molecule is O=C(CC1CC2CCC1C2)Nc1cc(Cl)ncn1. The van der Waals surface area contributed by atoms with Gasteiger partial charge in [-0.1, -0.05) is 18.0 Å². The molecule has 1 heterocycles. The van der Waals surface area contributed by atoms with E-state index in [9.17, 15) is 4.79 Å². The molecule has 1 N–H and O–H groups in total. The standard InChI is InChI=1S/C13H16ClN3O/c14-11-6-12(16-7-15-11)17-13(18)5-10-4-8-1-2-9(10)3-8/h6-10H,1-5H2,(H,15,16,17,18). The molecule has 3 unspecified atom stereocenters. The second-order valence-corrected chi connectivity index (χ2v) is 5.80. The molecule has 0 aliphatic heterocycles. The highest BCUT2D eigenvalue weighted by atomic mass is 35.5. The molecule has 96 valence electrons. The number of nitrogens with one attached hydrogen (secondary N) is 1. The summed E-state index contributed by atoms with van der Waals surface area (Å²) in [4.78, 5) is 19.7. The van der Waals surface area contributed by atoms with Crippen molar-refractivity contribution in [3.63, 3.8) is 0 Å². The van der Waals surface area contributed by atoms with E-state index in [1.165, 1.54) is 32.0 Å². The normalized spacial score (nSPS) is 29.5. The van der Waals surface area contributed by atoms with E-state index >= 15 is 0 Å². The van der Waals surface area contributed by atoms with Crippen molar-refractivity contribution in [1.82, 2.24) is 9.97 Å². The molecule has 1 amide bonds. The van der Waals surface area contributed by atoms with Gasteiger partial charge in [0.15, 0.2) is 0 Å². The molecule has 2 bridgehead atoms. The summed E-state index contributed by atoms with van der Waals surface area (Å²) in [7, 11) is 0. The Balaban J connectivity index is 1.56. The van der Waals surface area contributed by atoms with Crippen molar-refractivity contribution in [3.05, 3.63) is 17.5 Å². The first kappa shape index (κ1) is 11.9. The largest absolute Gasteiger partial charge is 0.311 e. The third-order valence-corrected chi connectivity index (χ3v) is 4.44. The molecule has 4 nitrogen and oxygen atoms in total. The van der Waals surface area contributed by atoms with Gasteiger partial charge >= 0.3 is 0 Å². The van der Waals surface area contributed by atoms with Crippen molar-refractivity contribution in [1.29, 1.82) is 0 Å². The quantitative estimate of drug-likeness (QED) is 0.855. The van der Waals surface area contributed by atoms with Crippen LogP contribution in [0.15, 0.2) is 12.4 Å². The summed E-state index contributed by atoms with van der Waals surface area (Å²) in [5.74, 6) is 2.75. The van der Waals surface area contributed by atoms with Gasteiger partial charge in [-0.2, -0.15) is 0 Å². The lowest BCUT2D eigenvalue weighted by Crippen LogP contribution is -2.20. The van der Waals surface area contributed by atoms with Gasteiger partial charge in [0.25, 0.3) is 0 Å². The Labute approximate surface area is 111 Å². The van der Waals surface area contributed by atoms with Gasteiger partial charge in [-0.15, -0.1) is 0 Å². The van der Waals surface area contributed by atoms with Crippen LogP contribution in [0.25, 0.3) is 0 Å². The molecule has 0 aromatic carbocycles. The number of carbonyl (C=O) groups excluding carboxylic acids is 1. The fourth-order valence-corrected chi connectivity index (χ4v) is 3.61. The van der Waals surface area contributed by atoms with E-state index in [0.717, 1.165) is 11.8 Å². The van der Waals surface area contributed by atoms with E-state index in [4.69, 9.17) is 11.6 Å². The Morgan fingerprint density at radius 3 is 2.94 bits per heavy atom. The van der Waals surface area contributed by atoms with E-state index in [2.05, 4.69) is 15.3 Å². The number of carbonyl (C=O) groups is 1. The van der Waals surface area contributed by atoms with Crippen molar-refractivity contribution in [2.24, 2.45) is 17.8 Å². The molecule has 2 saturated carbocycles. The summed E-state index contributed by atoms with van der Waals surface area (Å²) in [5, 5.41) is 3.14. The number of anilines is 1. The van der Waals surface area contributed by atoms with Crippen LogP contribution in [0.2, 0.25) is 5.15 Å². The number of nitrogens with zero attached hydrogens (tertiary/aromatic N) is 2. The maximum absolute atomic E-state index is 11.9. The molecule has 0 saturated heterocycles. The first-order valence-electron chi connectivity index (χ1n) is 6.48. The topological polar surface area (TPSA) is 54.9 Å². The van der Waals surface area contributed by atoms with Gasteiger partial charge in [-0.05, 0) is 37.0 Å². The van der Waals surface area contributed by atoms with Crippen molar-refractivity contribution < 1.29 is 4.79 Å². The van der Waals surface area contributed by atoms with Crippen LogP contribution in [0.5, 0.6) is 0 Å². The third kappa shape index (κ3) is 2.48. The maximum Gasteiger partial charge on any atom is 0.225 e. The summed E-state index contributed by atoms with van der Waals surface area (Å²) in [5.41, 5.74) is 0. The Morgan fingerprint density at radius 2 is 2.28 bits per heavy atom. The van der Waals surface area contributed by atoms with Crippen molar-refractivity contribution >= 4 is 23.3 Å². The second-order valence-electron chi connectivity index (χ2n) is 5.41. The van der Waals surface area contributed by atoms with Crippen LogP contribution >= 0.6 is 11.6 Å². The van der Waals surface area contributed by atoms with Gasteiger partial charge in [0.05, 0.1) is 0 Å². The first-order chi connectivity index (χ1) is 8.70. The monoisotopic (exact) mass is 265 g/mol. The van der Waals surface area contributed by atoms with Gasteiger partial charge in [0.2, 0.25) is 5.91 Å². The summed E-state index contributed by atoms with van der Waals surface area (Å²) in [6.07, 6.45) is 7.20. The van der Waals surface area contributed by atoms with Crippen LogP contribution in [0.3, 0.4) is 0 Å². The smallest absolute Gasteiger partial charge is 0.225 e. The molecule has 2 aliphatic rings. The molecule has 0 radical (unpaired) electrons. The lowest BCUT2D eigenvalue weighted by molar-refractivity contribution is -0.117. The highest BCUT2D eigenvalue weighted by Gasteiger charge is 2.40. The van der Waals surface area contributed by atoms with Gasteiger partial charge in [-0.25, -0.2) is 9.97 Å². The molecule has 1 aromatic heterocycles. The molecule has 18 heavy (non-hydrogen) atoms. The zero-order valence-electron chi connectivity index (χ0n) is 10.1. The molecular formula is C13H16ClN3O. The van der Waals surface area contributed by atoms with Crippen molar-refractivity contribution in [2.45, 2.75) is 32.1 Å². The average molecular weight is 266 g/mol. The Bertz CT molecular complexity index is 465. The van der Waals surface area contributed by atoms with Crippen molar-refractivity contribution in [3.8, 4) is 0 Å². The van der Waals surface area contributed by atoms with Gasteiger partial charge in [0, 0.05) is 12.5 Å². The Morgan fingerprint density at radius 1 is 1.39 bits per heavy atom. The Hall–Kier alpha value is -1.16. The van der Waals surface area contributed by atoms with Crippen LogP contribution in [0.4, 0.5) is 5.82 Å². The molecule has 0 spiro atoms. The molecule has 5 heteroatoms. The molecular weight excluding hydrogens is 250 g/mol. The highest BCUT2D eigenvalue weighted by Crippen LogP contribution is 2.49. The van der Waals surface area contributed by atoms with Gasteiger partial charge in [0.1, 0.15) is 17.3 Å². The van der Waals surface area contributed by atoms with Crippen LogP contribution in [-0.2, 0) is 4.79 Å². The minimum atomic E-state index is 0.0438. The lowest BCUT2D eigenvalue weighted by Gasteiger charge is -2.20. The van der Waals surface area contributed by atoms with Crippen molar-refractivity contribution in [2.75, 3.05) is 5.32 Å². The summed E-state index contributed by atoms with van der Waals surface area (Å²) >= 11 is 5.75. The van der Waals surface area contributed by atoms with E-state index in [1.54, 1.807) is 6.07 Å². The van der Waals surface area contributed by atoms with E-state index in [1.807, 2.05) is 0 Å². The van der Waals surface area contributed by atoms with E-state index in [-0.39, 0.29) is 5.91 Å². The fourth-order valence-electron chi connectivity index (χ4n) is 3.46. The van der Waals surface area contributed by atoms with Crippen LogP contribution in [-0.4, -0.2) is 15.9 Å². The minimum absolute atomic E-state index is 0.0438. The van der Waals surface area contributed by atoms with E-state index in [0.29, 0.717) is 23.3 Å². The molecule has 3 rings (SSSR count). The average Bonchev–Trinajstić information content (AvgIpc) is 2.90. The number of amides is 1. The van der Waals surface area contributed by atoms with E-state index < -0.39 is 0 Å². The minimum Gasteiger partial charge on any atom is -0.311 e. The van der Waals surface area contributed by atoms with Crippen LogP contribution in [0, 0.1) is 17.8 Å². The highest BCUT2D eigenvalue weighted by molar-refractivity contribution is 6.29. The zero-order chi connectivity index (χ0) is 12.5. The lowest BCUT2D eigenvalue weighted by atomic mass is 9.86. The number of hydrogen-bond donors (Lipinski definition) is 1. The molecule has 2 fully saturated rings. The predicted octanol–water partition coefficient (Wildman–Crippen LogP) is 2.89. The fraction of sp³-hybridized carbons (Fsp3) is 0.615. The van der Waals surface area contributed by atoms with Crippen LogP contribution in [0.1, 0.15) is 32.1 Å². The number of fused-ring (bicyclic) bond motifs is 2. The summed E-state index contributed by atoms with van der Waals surface area (Å²) < 4.78 is 0. The zero-order valence-corrected chi connectivity index (χ0v) is 10.9. The first-order valence-corrected chi connectivity index (χ1v) is 6.86.